The smallest absolute Gasteiger partial charge is 0.337 e. The van der Waals surface area contributed by atoms with Crippen LogP contribution >= 0.6 is 0 Å². The summed E-state index contributed by atoms with van der Waals surface area (Å²) in [5, 5.41) is 3.01. The minimum absolute atomic E-state index is 0.0685. The van der Waals surface area contributed by atoms with Gasteiger partial charge in [-0.25, -0.2) is 4.79 Å². The first kappa shape index (κ1) is 14.2. The Balaban J connectivity index is 1.96. The molecule has 1 aromatic rings. The number of ether oxygens (including phenoxy) is 1. The molecule has 6 nitrogen and oxygen atoms in total. The minimum atomic E-state index is -0.434. The number of nitrogens with two attached hydrogens (primary N) is 1. The van der Waals surface area contributed by atoms with Crippen molar-refractivity contribution < 1.29 is 14.3 Å². The van der Waals surface area contributed by atoms with Crippen molar-refractivity contribution in [3.8, 4) is 0 Å². The Morgan fingerprint density at radius 1 is 1.35 bits per heavy atom. The van der Waals surface area contributed by atoms with Crippen molar-refractivity contribution in [1.82, 2.24) is 4.90 Å². The summed E-state index contributed by atoms with van der Waals surface area (Å²) in [5.41, 5.74) is 7.31. The monoisotopic (exact) mass is 277 g/mol. The number of hydrogen-bond acceptors (Lipinski definition) is 5. The van der Waals surface area contributed by atoms with Gasteiger partial charge in [-0.2, -0.15) is 0 Å². The number of nitrogen functional groups attached to an aromatic ring is 1. The average molecular weight is 277 g/mol. The average Bonchev–Trinajstić information content (AvgIpc) is 2.99. The molecule has 1 fully saturated rings. The van der Waals surface area contributed by atoms with E-state index in [1.165, 1.54) is 13.2 Å². The Bertz CT molecular complexity index is 510. The van der Waals surface area contributed by atoms with Gasteiger partial charge >= 0.3 is 5.97 Å². The molecule has 0 unspecified atom stereocenters. The summed E-state index contributed by atoms with van der Waals surface area (Å²) < 4.78 is 4.62. The number of carbonyl (C=O) groups is 2. The van der Waals surface area contributed by atoms with Crippen molar-refractivity contribution in [2.24, 2.45) is 0 Å². The van der Waals surface area contributed by atoms with E-state index >= 15 is 0 Å². The molecule has 1 amide bonds. The number of anilines is 2. The molecule has 0 spiro atoms. The summed E-state index contributed by atoms with van der Waals surface area (Å²) in [6, 6.07) is 4.83. The maximum atomic E-state index is 11.9. The lowest BCUT2D eigenvalue weighted by molar-refractivity contribution is -0.128. The van der Waals surface area contributed by atoms with Crippen molar-refractivity contribution >= 4 is 23.3 Å². The summed E-state index contributed by atoms with van der Waals surface area (Å²) >= 11 is 0. The number of carbonyl (C=O) groups excluding carboxylic acids is 2. The van der Waals surface area contributed by atoms with Crippen LogP contribution in [0.15, 0.2) is 18.2 Å². The topological polar surface area (TPSA) is 84.7 Å². The van der Waals surface area contributed by atoms with Crippen LogP contribution in [-0.2, 0) is 9.53 Å². The van der Waals surface area contributed by atoms with Crippen LogP contribution in [0.25, 0.3) is 0 Å². The number of hydrogen-bond donors (Lipinski definition) is 2. The number of nitrogens with zero attached hydrogens (tertiary/aromatic N) is 1. The summed E-state index contributed by atoms with van der Waals surface area (Å²) in [4.78, 5) is 25.1. The Morgan fingerprint density at radius 3 is 2.65 bits per heavy atom. The molecular formula is C14H19N3O3. The molecule has 20 heavy (non-hydrogen) atoms. The maximum absolute atomic E-state index is 11.9. The molecule has 0 atom stereocenters. The predicted molar refractivity (Wildman–Crippen MR) is 76.5 cm³/mol. The second-order valence-electron chi connectivity index (χ2n) is 4.74. The number of likely N-dealkylation sites (tertiary alicyclic amines) is 1. The third kappa shape index (κ3) is 3.20. The first-order chi connectivity index (χ1) is 9.61. The lowest BCUT2D eigenvalue weighted by Crippen LogP contribution is -2.33. The lowest BCUT2D eigenvalue weighted by atomic mass is 10.1. The molecule has 108 valence electrons. The van der Waals surface area contributed by atoms with Gasteiger partial charge in [0.05, 0.1) is 30.6 Å². The summed E-state index contributed by atoms with van der Waals surface area (Å²) in [7, 11) is 1.32. The van der Waals surface area contributed by atoms with E-state index in [0.717, 1.165) is 25.9 Å². The maximum Gasteiger partial charge on any atom is 0.337 e. The Labute approximate surface area is 117 Å². The highest BCUT2D eigenvalue weighted by molar-refractivity contribution is 5.92. The van der Waals surface area contributed by atoms with Gasteiger partial charge in [0.15, 0.2) is 0 Å². The fourth-order valence-electron chi connectivity index (χ4n) is 2.22. The molecule has 1 aliphatic rings. The van der Waals surface area contributed by atoms with Gasteiger partial charge in [-0.05, 0) is 31.0 Å². The van der Waals surface area contributed by atoms with E-state index in [9.17, 15) is 9.59 Å². The predicted octanol–water partition coefficient (Wildman–Crippen LogP) is 1.09. The zero-order chi connectivity index (χ0) is 14.5. The second-order valence-corrected chi connectivity index (χ2v) is 4.74. The van der Waals surface area contributed by atoms with E-state index in [4.69, 9.17) is 5.73 Å². The number of rotatable bonds is 4. The van der Waals surface area contributed by atoms with Crippen molar-refractivity contribution in [3.05, 3.63) is 23.8 Å². The molecule has 6 heteroatoms. The fourth-order valence-corrected chi connectivity index (χ4v) is 2.22. The van der Waals surface area contributed by atoms with Crippen LogP contribution in [0.1, 0.15) is 23.2 Å². The molecule has 1 heterocycles. The SMILES string of the molecule is COC(=O)c1ccc(NCC(=O)N2CCCC2)c(N)c1. The van der Waals surface area contributed by atoms with Gasteiger partial charge in [0.25, 0.3) is 0 Å². The van der Waals surface area contributed by atoms with Crippen LogP contribution < -0.4 is 11.1 Å². The van der Waals surface area contributed by atoms with E-state index in [1.54, 1.807) is 12.1 Å². The van der Waals surface area contributed by atoms with Crippen LogP contribution in [0.4, 0.5) is 11.4 Å². The summed E-state index contributed by atoms with van der Waals surface area (Å²) in [6.07, 6.45) is 2.14. The number of esters is 1. The third-order valence-corrected chi connectivity index (χ3v) is 3.36. The molecule has 0 saturated carbocycles. The highest BCUT2D eigenvalue weighted by atomic mass is 16.5. The third-order valence-electron chi connectivity index (χ3n) is 3.36. The molecule has 0 aliphatic carbocycles. The van der Waals surface area contributed by atoms with Gasteiger partial charge in [-0.1, -0.05) is 0 Å². The number of methoxy groups -OCH3 is 1. The molecule has 2 rings (SSSR count). The lowest BCUT2D eigenvalue weighted by Gasteiger charge is -2.16. The highest BCUT2D eigenvalue weighted by Gasteiger charge is 2.17. The Hall–Kier alpha value is -2.24. The standard InChI is InChI=1S/C14H19N3O3/c1-20-14(19)10-4-5-12(11(15)8-10)16-9-13(18)17-6-2-3-7-17/h4-5,8,16H,2-3,6-7,9,15H2,1H3. The molecule has 1 aliphatic heterocycles. The van der Waals surface area contributed by atoms with Crippen LogP contribution in [-0.4, -0.2) is 43.5 Å². The van der Waals surface area contributed by atoms with Crippen LogP contribution in [0.3, 0.4) is 0 Å². The molecular weight excluding hydrogens is 258 g/mol. The van der Waals surface area contributed by atoms with E-state index < -0.39 is 5.97 Å². The minimum Gasteiger partial charge on any atom is -0.465 e. The quantitative estimate of drug-likeness (QED) is 0.635. The van der Waals surface area contributed by atoms with Crippen molar-refractivity contribution in [2.75, 3.05) is 37.8 Å². The summed E-state index contributed by atoms with van der Waals surface area (Å²) in [6.45, 7) is 1.87. The number of amides is 1. The Morgan fingerprint density at radius 2 is 2.05 bits per heavy atom. The van der Waals surface area contributed by atoms with Crippen LogP contribution in [0.2, 0.25) is 0 Å². The number of benzene rings is 1. The van der Waals surface area contributed by atoms with E-state index in [-0.39, 0.29) is 12.5 Å². The number of nitrogens with one attached hydrogen (secondary N) is 1. The van der Waals surface area contributed by atoms with Gasteiger partial charge in [0, 0.05) is 13.1 Å². The van der Waals surface area contributed by atoms with E-state index in [2.05, 4.69) is 10.1 Å². The second kappa shape index (κ2) is 6.27. The van der Waals surface area contributed by atoms with Crippen molar-refractivity contribution in [2.45, 2.75) is 12.8 Å². The van der Waals surface area contributed by atoms with Gasteiger partial charge in [0.1, 0.15) is 0 Å². The van der Waals surface area contributed by atoms with E-state index in [1.807, 2.05) is 4.90 Å². The van der Waals surface area contributed by atoms with E-state index in [0.29, 0.717) is 16.9 Å². The first-order valence-corrected chi connectivity index (χ1v) is 6.61. The van der Waals surface area contributed by atoms with Crippen LogP contribution in [0, 0.1) is 0 Å². The van der Waals surface area contributed by atoms with Crippen molar-refractivity contribution in [1.29, 1.82) is 0 Å². The van der Waals surface area contributed by atoms with Crippen molar-refractivity contribution in [3.63, 3.8) is 0 Å². The zero-order valence-electron chi connectivity index (χ0n) is 11.5. The summed E-state index contributed by atoms with van der Waals surface area (Å²) in [5.74, 6) is -0.365. The van der Waals surface area contributed by atoms with Gasteiger partial charge in [0.2, 0.25) is 5.91 Å². The Kier molecular flexibility index (Phi) is 4.45. The molecule has 3 N–H and O–H groups in total. The van der Waals surface area contributed by atoms with Gasteiger partial charge in [-0.15, -0.1) is 0 Å². The largest absolute Gasteiger partial charge is 0.465 e. The first-order valence-electron chi connectivity index (χ1n) is 6.61. The molecule has 0 bridgehead atoms. The fraction of sp³-hybridized carbons (Fsp3) is 0.429. The van der Waals surface area contributed by atoms with Gasteiger partial charge < -0.3 is 20.7 Å². The molecule has 0 radical (unpaired) electrons. The molecule has 0 aromatic heterocycles. The zero-order valence-corrected chi connectivity index (χ0v) is 11.5. The normalized spacial score (nSPS) is 14.2. The molecule has 1 aromatic carbocycles. The van der Waals surface area contributed by atoms with Crippen LogP contribution in [0.5, 0.6) is 0 Å². The molecule has 1 saturated heterocycles. The highest BCUT2D eigenvalue weighted by Crippen LogP contribution is 2.20. The van der Waals surface area contributed by atoms with Gasteiger partial charge in [-0.3, -0.25) is 4.79 Å².